The van der Waals surface area contributed by atoms with Crippen LogP contribution >= 0.6 is 0 Å². The maximum atomic E-state index is 2.30. The Morgan fingerprint density at radius 1 is 0.654 bits per heavy atom. The fourth-order valence-corrected chi connectivity index (χ4v) is 3.42. The standard InChI is InChI=1S/C23H24N3/c1-24(2)19-10-12-21-17(14-19)16-26(18-8-6-5-7-9-18)23-15-20(25(3)4)11-13-22(21)23/h5-16H,1-4H3/q+1. The number of aromatic nitrogens is 1. The van der Waals surface area contributed by atoms with Gasteiger partial charge in [0.05, 0.1) is 5.39 Å². The molecule has 0 radical (unpaired) electrons. The highest BCUT2D eigenvalue weighted by Gasteiger charge is 2.17. The third-order valence-electron chi connectivity index (χ3n) is 4.90. The van der Waals surface area contributed by atoms with Gasteiger partial charge in [0.1, 0.15) is 0 Å². The van der Waals surface area contributed by atoms with Crippen molar-refractivity contribution >= 4 is 33.1 Å². The number of pyridine rings is 1. The van der Waals surface area contributed by atoms with Gasteiger partial charge in [0.25, 0.3) is 0 Å². The topological polar surface area (TPSA) is 10.4 Å². The molecule has 0 N–H and O–H groups in total. The molecule has 0 aliphatic rings. The van der Waals surface area contributed by atoms with Crippen LogP contribution in [-0.4, -0.2) is 28.2 Å². The van der Waals surface area contributed by atoms with Crippen LogP contribution in [0, 0.1) is 0 Å². The Morgan fingerprint density at radius 2 is 1.27 bits per heavy atom. The van der Waals surface area contributed by atoms with Gasteiger partial charge >= 0.3 is 0 Å². The van der Waals surface area contributed by atoms with Crippen LogP contribution in [0.15, 0.2) is 72.9 Å². The average molecular weight is 342 g/mol. The van der Waals surface area contributed by atoms with Crippen molar-refractivity contribution in [3.05, 3.63) is 72.9 Å². The molecule has 0 saturated carbocycles. The van der Waals surface area contributed by atoms with E-state index in [1.165, 1.54) is 38.7 Å². The van der Waals surface area contributed by atoms with Crippen molar-refractivity contribution in [1.29, 1.82) is 0 Å². The summed E-state index contributed by atoms with van der Waals surface area (Å²) in [5.74, 6) is 0. The minimum absolute atomic E-state index is 1.17. The van der Waals surface area contributed by atoms with E-state index in [0.29, 0.717) is 0 Å². The normalized spacial score (nSPS) is 11.1. The number of benzene rings is 3. The highest BCUT2D eigenvalue weighted by Crippen LogP contribution is 2.29. The largest absolute Gasteiger partial charge is 0.378 e. The lowest BCUT2D eigenvalue weighted by atomic mass is 10.0. The molecule has 1 heterocycles. The SMILES string of the molecule is CN(C)c1ccc2c(c1)c[n+](-c1ccccc1)c1cc(N(C)C)ccc21. The number of anilines is 2. The lowest BCUT2D eigenvalue weighted by molar-refractivity contribution is -0.565. The third kappa shape index (κ3) is 2.76. The van der Waals surface area contributed by atoms with E-state index in [0.717, 1.165) is 0 Å². The molecule has 0 aliphatic heterocycles. The highest BCUT2D eigenvalue weighted by molar-refractivity contribution is 6.05. The molecule has 0 spiro atoms. The zero-order chi connectivity index (χ0) is 18.3. The second kappa shape index (κ2) is 6.34. The van der Waals surface area contributed by atoms with E-state index in [9.17, 15) is 0 Å². The van der Waals surface area contributed by atoms with Crippen molar-refractivity contribution in [2.75, 3.05) is 38.0 Å². The van der Waals surface area contributed by atoms with Crippen LogP contribution in [-0.2, 0) is 0 Å². The minimum Gasteiger partial charge on any atom is -0.378 e. The van der Waals surface area contributed by atoms with Crippen LogP contribution in [0.5, 0.6) is 0 Å². The quantitative estimate of drug-likeness (QED) is 0.403. The van der Waals surface area contributed by atoms with Crippen molar-refractivity contribution in [1.82, 2.24) is 0 Å². The Morgan fingerprint density at radius 3 is 1.92 bits per heavy atom. The summed E-state index contributed by atoms with van der Waals surface area (Å²) in [5, 5.41) is 3.79. The second-order valence-electron chi connectivity index (χ2n) is 7.10. The van der Waals surface area contributed by atoms with Crippen LogP contribution in [0.25, 0.3) is 27.4 Å². The van der Waals surface area contributed by atoms with Crippen molar-refractivity contribution in [2.24, 2.45) is 0 Å². The first kappa shape index (κ1) is 16.4. The molecular formula is C23H24N3+. The zero-order valence-corrected chi connectivity index (χ0v) is 15.8. The fourth-order valence-electron chi connectivity index (χ4n) is 3.42. The predicted molar refractivity (Wildman–Crippen MR) is 112 cm³/mol. The van der Waals surface area contributed by atoms with Gasteiger partial charge in [-0.2, -0.15) is 4.57 Å². The lowest BCUT2D eigenvalue weighted by Crippen LogP contribution is -2.31. The van der Waals surface area contributed by atoms with Crippen molar-refractivity contribution in [2.45, 2.75) is 0 Å². The van der Waals surface area contributed by atoms with Crippen LogP contribution in [0.1, 0.15) is 0 Å². The van der Waals surface area contributed by atoms with Crippen molar-refractivity contribution in [3.63, 3.8) is 0 Å². The number of hydrogen-bond donors (Lipinski definition) is 0. The Hall–Kier alpha value is -3.07. The first-order valence-electron chi connectivity index (χ1n) is 8.87. The van der Waals surface area contributed by atoms with E-state index < -0.39 is 0 Å². The number of rotatable bonds is 3. The first-order valence-corrected chi connectivity index (χ1v) is 8.87. The first-order chi connectivity index (χ1) is 12.5. The van der Waals surface area contributed by atoms with E-state index in [1.54, 1.807) is 0 Å². The molecule has 0 bridgehead atoms. The van der Waals surface area contributed by atoms with Gasteiger partial charge in [-0.15, -0.1) is 0 Å². The van der Waals surface area contributed by atoms with E-state index in [2.05, 4.69) is 115 Å². The molecule has 130 valence electrons. The van der Waals surface area contributed by atoms with Gasteiger partial charge < -0.3 is 9.80 Å². The Labute approximate surface area is 154 Å². The summed E-state index contributed by atoms with van der Waals surface area (Å²) in [5.41, 5.74) is 4.80. The molecule has 0 unspecified atom stereocenters. The smallest absolute Gasteiger partial charge is 0.221 e. The summed E-state index contributed by atoms with van der Waals surface area (Å²) in [6, 6.07) is 23.9. The van der Waals surface area contributed by atoms with Crippen LogP contribution in [0.4, 0.5) is 11.4 Å². The minimum atomic E-state index is 1.17. The maximum Gasteiger partial charge on any atom is 0.221 e. The van der Waals surface area contributed by atoms with Gasteiger partial charge in [-0.1, -0.05) is 24.3 Å². The van der Waals surface area contributed by atoms with Crippen molar-refractivity contribution in [3.8, 4) is 5.69 Å². The average Bonchev–Trinajstić information content (AvgIpc) is 2.67. The lowest BCUT2D eigenvalue weighted by Gasteiger charge is -2.15. The predicted octanol–water partition coefficient (Wildman–Crippen LogP) is 4.40. The summed E-state index contributed by atoms with van der Waals surface area (Å²) < 4.78 is 2.30. The molecule has 4 aromatic rings. The van der Waals surface area contributed by atoms with Crippen molar-refractivity contribution < 1.29 is 4.57 Å². The molecule has 0 amide bonds. The van der Waals surface area contributed by atoms with Crippen LogP contribution in [0.2, 0.25) is 0 Å². The molecule has 0 saturated heterocycles. The van der Waals surface area contributed by atoms with Gasteiger partial charge in [0.2, 0.25) is 11.2 Å². The summed E-state index contributed by atoms with van der Waals surface area (Å²) in [4.78, 5) is 4.29. The molecule has 1 aromatic heterocycles. The van der Waals surface area contributed by atoms with Gasteiger partial charge in [0, 0.05) is 68.5 Å². The zero-order valence-electron chi connectivity index (χ0n) is 15.8. The molecule has 0 aliphatic carbocycles. The summed E-state index contributed by atoms with van der Waals surface area (Å²) in [6.07, 6.45) is 2.25. The maximum absolute atomic E-state index is 2.30. The van der Waals surface area contributed by atoms with E-state index in [-0.39, 0.29) is 0 Å². The number of hydrogen-bond acceptors (Lipinski definition) is 2. The summed E-state index contributed by atoms with van der Waals surface area (Å²) in [6.45, 7) is 0. The van der Waals surface area contributed by atoms with E-state index in [1.807, 2.05) is 0 Å². The monoisotopic (exact) mass is 342 g/mol. The molecule has 0 fully saturated rings. The molecule has 4 rings (SSSR count). The summed E-state index contributed by atoms with van der Waals surface area (Å²) in [7, 11) is 8.32. The summed E-state index contributed by atoms with van der Waals surface area (Å²) >= 11 is 0. The molecule has 0 atom stereocenters. The van der Waals surface area contributed by atoms with Crippen LogP contribution < -0.4 is 14.4 Å². The van der Waals surface area contributed by atoms with Gasteiger partial charge in [-0.05, 0) is 24.3 Å². The molecule has 3 aromatic carbocycles. The van der Waals surface area contributed by atoms with Gasteiger partial charge in [-0.3, -0.25) is 0 Å². The molecule has 3 heteroatoms. The third-order valence-corrected chi connectivity index (χ3v) is 4.90. The number of nitrogens with zero attached hydrogens (tertiary/aromatic N) is 3. The second-order valence-corrected chi connectivity index (χ2v) is 7.10. The van der Waals surface area contributed by atoms with Gasteiger partial charge in [0.15, 0.2) is 6.20 Å². The van der Waals surface area contributed by atoms with Gasteiger partial charge in [-0.25, -0.2) is 0 Å². The Kier molecular flexibility index (Phi) is 4.00. The molecule has 26 heavy (non-hydrogen) atoms. The molecule has 3 nitrogen and oxygen atoms in total. The van der Waals surface area contributed by atoms with E-state index in [4.69, 9.17) is 0 Å². The fraction of sp³-hybridized carbons (Fsp3) is 0.174. The number of para-hydroxylation sites is 1. The Bertz CT molecular complexity index is 1080. The van der Waals surface area contributed by atoms with E-state index >= 15 is 0 Å². The molecular weight excluding hydrogens is 318 g/mol. The number of fused-ring (bicyclic) bond motifs is 3. The van der Waals surface area contributed by atoms with Crippen LogP contribution in [0.3, 0.4) is 0 Å². The highest BCUT2D eigenvalue weighted by atomic mass is 15.1. The Balaban J connectivity index is 2.10.